The van der Waals surface area contributed by atoms with Gasteiger partial charge in [0.2, 0.25) is 0 Å². The Morgan fingerprint density at radius 3 is 2.75 bits per heavy atom. The van der Waals surface area contributed by atoms with E-state index in [1.807, 2.05) is 12.1 Å². The van der Waals surface area contributed by atoms with Gasteiger partial charge in [0.1, 0.15) is 11.5 Å². The van der Waals surface area contributed by atoms with E-state index in [2.05, 4.69) is 6.92 Å². The van der Waals surface area contributed by atoms with Crippen LogP contribution in [0.3, 0.4) is 0 Å². The highest BCUT2D eigenvalue weighted by atomic mass is 16.3. The van der Waals surface area contributed by atoms with Gasteiger partial charge in [-0.25, -0.2) is 0 Å². The van der Waals surface area contributed by atoms with Gasteiger partial charge in [0.25, 0.3) is 0 Å². The van der Waals surface area contributed by atoms with Crippen molar-refractivity contribution in [2.75, 3.05) is 0 Å². The van der Waals surface area contributed by atoms with Crippen LogP contribution in [0, 0.1) is 11.8 Å². The third-order valence-corrected chi connectivity index (χ3v) is 3.67. The molecule has 1 fully saturated rings. The fraction of sp³-hybridized carbons (Fsp3) is 0.643. The minimum atomic E-state index is 0.325. The molecule has 0 unspecified atom stereocenters. The van der Waals surface area contributed by atoms with Crippen LogP contribution in [0.25, 0.3) is 0 Å². The Balaban J connectivity index is 1.75. The Kier molecular flexibility index (Phi) is 3.81. The molecular formula is C14H20O2. The summed E-state index contributed by atoms with van der Waals surface area (Å²) >= 11 is 0. The van der Waals surface area contributed by atoms with E-state index >= 15 is 0 Å². The van der Waals surface area contributed by atoms with Gasteiger partial charge in [-0.15, -0.1) is 0 Å². The van der Waals surface area contributed by atoms with Gasteiger partial charge in [-0.05, 0) is 30.9 Å². The Hall–Kier alpha value is -1.05. The van der Waals surface area contributed by atoms with Crippen molar-refractivity contribution in [2.24, 2.45) is 11.8 Å². The predicted molar refractivity (Wildman–Crippen MR) is 63.2 cm³/mol. The fourth-order valence-corrected chi connectivity index (χ4v) is 2.49. The van der Waals surface area contributed by atoms with Crippen LogP contribution >= 0.6 is 0 Å². The molecule has 1 aromatic rings. The normalized spacial score (nSPS) is 25.6. The zero-order valence-electron chi connectivity index (χ0n) is 9.95. The molecule has 0 aromatic carbocycles. The molecule has 2 rings (SSSR count). The summed E-state index contributed by atoms with van der Waals surface area (Å²) in [6.45, 7) is 2.28. The van der Waals surface area contributed by atoms with Gasteiger partial charge in [0, 0.05) is 18.8 Å². The number of hydrogen-bond acceptors (Lipinski definition) is 2. The molecule has 0 atom stereocenters. The van der Waals surface area contributed by atoms with Crippen molar-refractivity contribution in [1.29, 1.82) is 0 Å². The highest BCUT2D eigenvalue weighted by Gasteiger charge is 2.23. The molecule has 2 nitrogen and oxygen atoms in total. The van der Waals surface area contributed by atoms with E-state index in [-0.39, 0.29) is 0 Å². The lowest BCUT2D eigenvalue weighted by atomic mass is 9.80. The van der Waals surface area contributed by atoms with Crippen molar-refractivity contribution in [2.45, 2.75) is 45.4 Å². The van der Waals surface area contributed by atoms with Crippen LogP contribution in [0.5, 0.6) is 0 Å². The molecule has 0 bridgehead atoms. The molecule has 1 aliphatic rings. The van der Waals surface area contributed by atoms with Crippen LogP contribution < -0.4 is 0 Å². The fourth-order valence-electron chi connectivity index (χ4n) is 2.49. The van der Waals surface area contributed by atoms with Crippen LogP contribution in [0.4, 0.5) is 0 Å². The zero-order valence-corrected chi connectivity index (χ0v) is 9.95. The van der Waals surface area contributed by atoms with E-state index in [1.54, 1.807) is 6.26 Å². The second-order valence-corrected chi connectivity index (χ2v) is 5.00. The van der Waals surface area contributed by atoms with Gasteiger partial charge in [0.05, 0.1) is 6.26 Å². The molecule has 1 saturated carbocycles. The Morgan fingerprint density at radius 2 is 2.12 bits per heavy atom. The highest BCUT2D eigenvalue weighted by molar-refractivity contribution is 5.81. The first-order valence-corrected chi connectivity index (χ1v) is 6.31. The Morgan fingerprint density at radius 1 is 1.38 bits per heavy atom. The van der Waals surface area contributed by atoms with Gasteiger partial charge in [0.15, 0.2) is 0 Å². The Bertz CT molecular complexity index is 319. The van der Waals surface area contributed by atoms with Crippen LogP contribution in [0.2, 0.25) is 0 Å². The van der Waals surface area contributed by atoms with Crippen LogP contribution in [-0.4, -0.2) is 5.78 Å². The first-order valence-electron chi connectivity index (χ1n) is 6.31. The van der Waals surface area contributed by atoms with E-state index in [0.29, 0.717) is 18.1 Å². The summed E-state index contributed by atoms with van der Waals surface area (Å²) in [5, 5.41) is 0. The molecule has 1 aromatic heterocycles. The highest BCUT2D eigenvalue weighted by Crippen LogP contribution is 2.29. The first kappa shape index (κ1) is 11.4. The summed E-state index contributed by atoms with van der Waals surface area (Å²) in [4.78, 5) is 12.0. The zero-order chi connectivity index (χ0) is 11.4. The smallest absolute Gasteiger partial charge is 0.136 e. The van der Waals surface area contributed by atoms with Gasteiger partial charge in [-0.1, -0.05) is 19.8 Å². The minimum Gasteiger partial charge on any atom is -0.469 e. The maximum atomic E-state index is 12.0. The number of furan rings is 1. The topological polar surface area (TPSA) is 30.2 Å². The Labute approximate surface area is 97.0 Å². The minimum absolute atomic E-state index is 0.325. The molecule has 0 N–H and O–H groups in total. The number of carbonyl (C=O) groups is 1. The van der Waals surface area contributed by atoms with Gasteiger partial charge in [-0.3, -0.25) is 4.79 Å². The second kappa shape index (κ2) is 5.33. The lowest BCUT2D eigenvalue weighted by Crippen LogP contribution is -2.21. The van der Waals surface area contributed by atoms with Gasteiger partial charge >= 0.3 is 0 Å². The molecule has 0 radical (unpaired) electrons. The van der Waals surface area contributed by atoms with E-state index in [0.717, 1.165) is 30.9 Å². The number of ketones is 1. The average molecular weight is 220 g/mol. The summed E-state index contributed by atoms with van der Waals surface area (Å²) < 4.78 is 5.24. The third-order valence-electron chi connectivity index (χ3n) is 3.67. The lowest BCUT2D eigenvalue weighted by Gasteiger charge is -2.24. The van der Waals surface area contributed by atoms with Crippen LogP contribution in [0.1, 0.15) is 44.8 Å². The maximum absolute atomic E-state index is 12.0. The van der Waals surface area contributed by atoms with Crippen molar-refractivity contribution in [3.05, 3.63) is 24.2 Å². The van der Waals surface area contributed by atoms with Gasteiger partial charge < -0.3 is 4.42 Å². The SMILES string of the molecule is CC1CCC(C(=O)CCc2ccco2)CC1. The van der Waals surface area contributed by atoms with Crippen molar-refractivity contribution >= 4 is 5.78 Å². The average Bonchev–Trinajstić information content (AvgIpc) is 2.80. The maximum Gasteiger partial charge on any atom is 0.136 e. The third kappa shape index (κ3) is 2.97. The number of aryl methyl sites for hydroxylation is 1. The summed E-state index contributed by atoms with van der Waals surface area (Å²) in [6, 6.07) is 3.82. The van der Waals surface area contributed by atoms with E-state index in [9.17, 15) is 4.79 Å². The summed E-state index contributed by atoms with van der Waals surface area (Å²) in [5.41, 5.74) is 0. The molecule has 0 saturated heterocycles. The largest absolute Gasteiger partial charge is 0.469 e. The van der Waals surface area contributed by atoms with Crippen molar-refractivity contribution in [3.63, 3.8) is 0 Å². The van der Waals surface area contributed by atoms with Gasteiger partial charge in [-0.2, -0.15) is 0 Å². The quantitative estimate of drug-likeness (QED) is 0.776. The predicted octanol–water partition coefficient (Wildman–Crippen LogP) is 3.61. The van der Waals surface area contributed by atoms with Crippen molar-refractivity contribution < 1.29 is 9.21 Å². The number of hydrogen-bond donors (Lipinski definition) is 0. The molecule has 1 aliphatic carbocycles. The number of carbonyl (C=O) groups excluding carboxylic acids is 1. The first-order chi connectivity index (χ1) is 7.75. The molecule has 0 aliphatic heterocycles. The number of Topliss-reactive ketones (excluding diaryl/α,β-unsaturated/α-hetero) is 1. The summed E-state index contributed by atoms with van der Waals surface area (Å²) in [5.74, 6) is 2.50. The molecular weight excluding hydrogens is 200 g/mol. The summed E-state index contributed by atoms with van der Waals surface area (Å²) in [6.07, 6.45) is 7.71. The molecule has 0 amide bonds. The lowest BCUT2D eigenvalue weighted by molar-refractivity contribution is -0.124. The standard InChI is InChI=1S/C14H20O2/c1-11-4-6-12(7-5-11)14(15)9-8-13-3-2-10-16-13/h2-3,10-12H,4-9H2,1H3. The molecule has 88 valence electrons. The molecule has 1 heterocycles. The van der Waals surface area contributed by atoms with E-state index in [1.165, 1.54) is 12.8 Å². The summed E-state index contributed by atoms with van der Waals surface area (Å²) in [7, 11) is 0. The monoisotopic (exact) mass is 220 g/mol. The second-order valence-electron chi connectivity index (χ2n) is 5.00. The molecule has 2 heteroatoms. The molecule has 0 spiro atoms. The van der Waals surface area contributed by atoms with Crippen molar-refractivity contribution in [3.8, 4) is 0 Å². The molecule has 16 heavy (non-hydrogen) atoms. The van der Waals surface area contributed by atoms with Crippen LogP contribution in [-0.2, 0) is 11.2 Å². The van der Waals surface area contributed by atoms with Crippen LogP contribution in [0.15, 0.2) is 22.8 Å². The van der Waals surface area contributed by atoms with E-state index < -0.39 is 0 Å². The number of rotatable bonds is 4. The van der Waals surface area contributed by atoms with Crippen molar-refractivity contribution in [1.82, 2.24) is 0 Å². The van der Waals surface area contributed by atoms with E-state index in [4.69, 9.17) is 4.42 Å².